The molecule has 1 aliphatic heterocycles. The highest BCUT2D eigenvalue weighted by Crippen LogP contribution is 2.32. The molecule has 0 aromatic heterocycles. The number of nitrogens with two attached hydrogens (primary N) is 1. The number of carbonyl (C=O) groups is 1. The maximum absolute atomic E-state index is 11.5. The number of aliphatic hydroxyl groups excluding tert-OH is 1. The lowest BCUT2D eigenvalue weighted by molar-refractivity contribution is -0.131. The number of aliphatic hydroxyl groups is 1. The molecule has 24 heavy (non-hydrogen) atoms. The van der Waals surface area contributed by atoms with E-state index in [1.54, 1.807) is 0 Å². The minimum atomic E-state index is -0.654. The molecule has 0 radical (unpaired) electrons. The molecule has 1 saturated heterocycles. The first-order chi connectivity index (χ1) is 11.6. The van der Waals surface area contributed by atoms with E-state index in [1.807, 2.05) is 11.0 Å². The number of β-amino-alcohol motifs (C(OH)–C–C–N with tert-alkyl or cyclic N) is 1. The van der Waals surface area contributed by atoms with Crippen LogP contribution in [0.3, 0.4) is 0 Å². The molecule has 1 heterocycles. The molecule has 1 aromatic rings. The van der Waals surface area contributed by atoms with Gasteiger partial charge < -0.3 is 20.3 Å². The molecule has 3 unspecified atom stereocenters. The van der Waals surface area contributed by atoms with Crippen LogP contribution in [0.1, 0.15) is 30.1 Å². The second-order valence-corrected chi connectivity index (χ2v) is 6.55. The lowest BCUT2D eigenvalue weighted by Crippen LogP contribution is -2.54. The van der Waals surface area contributed by atoms with E-state index in [0.29, 0.717) is 26.3 Å². The first kappa shape index (κ1) is 17.4. The molecule has 0 saturated carbocycles. The van der Waals surface area contributed by atoms with Crippen LogP contribution in [0, 0.1) is 0 Å². The molecular formula is C18H26N2O4. The Morgan fingerprint density at radius 2 is 2.29 bits per heavy atom. The van der Waals surface area contributed by atoms with Gasteiger partial charge in [0.2, 0.25) is 5.91 Å². The lowest BCUT2D eigenvalue weighted by Gasteiger charge is -2.35. The maximum Gasteiger partial charge on any atom is 0.237 e. The van der Waals surface area contributed by atoms with Crippen molar-refractivity contribution < 1.29 is 19.4 Å². The van der Waals surface area contributed by atoms with Gasteiger partial charge in [-0.2, -0.15) is 0 Å². The van der Waals surface area contributed by atoms with E-state index >= 15 is 0 Å². The maximum atomic E-state index is 11.5. The predicted octanol–water partition coefficient (Wildman–Crippen LogP) is 0.628. The van der Waals surface area contributed by atoms with Gasteiger partial charge in [-0.3, -0.25) is 9.69 Å². The Labute approximate surface area is 142 Å². The zero-order valence-corrected chi connectivity index (χ0v) is 13.9. The quantitative estimate of drug-likeness (QED) is 0.797. The number of aryl methyl sites for hydroxylation is 1. The van der Waals surface area contributed by atoms with Crippen molar-refractivity contribution in [3.05, 3.63) is 35.4 Å². The summed E-state index contributed by atoms with van der Waals surface area (Å²) in [5, 5.41) is 10.3. The predicted molar refractivity (Wildman–Crippen MR) is 89.5 cm³/mol. The fourth-order valence-corrected chi connectivity index (χ4v) is 3.55. The van der Waals surface area contributed by atoms with Crippen LogP contribution in [-0.4, -0.2) is 61.0 Å². The third kappa shape index (κ3) is 4.13. The van der Waals surface area contributed by atoms with Crippen LogP contribution < -0.4 is 5.73 Å². The van der Waals surface area contributed by atoms with Crippen molar-refractivity contribution >= 4 is 5.91 Å². The summed E-state index contributed by atoms with van der Waals surface area (Å²) in [6.45, 7) is 2.05. The van der Waals surface area contributed by atoms with E-state index in [1.165, 1.54) is 11.1 Å². The Hall–Kier alpha value is -1.47. The Kier molecular flexibility index (Phi) is 5.84. The van der Waals surface area contributed by atoms with Gasteiger partial charge in [0.05, 0.1) is 32.0 Å². The van der Waals surface area contributed by atoms with Gasteiger partial charge in [-0.25, -0.2) is 0 Å². The molecule has 132 valence electrons. The average molecular weight is 334 g/mol. The summed E-state index contributed by atoms with van der Waals surface area (Å²) in [5.41, 5.74) is 7.98. The fraction of sp³-hybridized carbons (Fsp3) is 0.611. The molecule has 1 aromatic carbocycles. The molecule has 6 heteroatoms. The van der Waals surface area contributed by atoms with Crippen molar-refractivity contribution in [3.63, 3.8) is 0 Å². The molecule has 3 rings (SSSR count). The Balaban J connectivity index is 1.52. The number of hydrogen-bond acceptors (Lipinski definition) is 5. The van der Waals surface area contributed by atoms with E-state index in [9.17, 15) is 9.90 Å². The zero-order valence-electron chi connectivity index (χ0n) is 13.9. The molecule has 1 fully saturated rings. The van der Waals surface area contributed by atoms with Crippen molar-refractivity contribution in [3.8, 4) is 0 Å². The third-order valence-corrected chi connectivity index (χ3v) is 4.82. The molecule has 1 amide bonds. The summed E-state index contributed by atoms with van der Waals surface area (Å²) in [4.78, 5) is 13.4. The normalized spacial score (nSPS) is 25.9. The number of amides is 1. The van der Waals surface area contributed by atoms with Gasteiger partial charge in [0.15, 0.2) is 0 Å². The number of ether oxygens (including phenoxy) is 2. The number of carbonyl (C=O) groups excluding carboxylic acids is 1. The van der Waals surface area contributed by atoms with Gasteiger partial charge >= 0.3 is 0 Å². The molecule has 0 spiro atoms. The number of hydrogen-bond donors (Lipinski definition) is 2. The molecule has 6 nitrogen and oxygen atoms in total. The highest BCUT2D eigenvalue weighted by molar-refractivity contribution is 5.80. The van der Waals surface area contributed by atoms with Crippen molar-refractivity contribution in [2.75, 3.05) is 32.9 Å². The summed E-state index contributed by atoms with van der Waals surface area (Å²) in [6.07, 6.45) is 2.56. The summed E-state index contributed by atoms with van der Waals surface area (Å²) >= 11 is 0. The molecular weight excluding hydrogens is 308 g/mol. The summed E-state index contributed by atoms with van der Waals surface area (Å²) in [6, 6.07) is 7.87. The van der Waals surface area contributed by atoms with E-state index in [0.717, 1.165) is 19.3 Å². The number of primary amides is 1. The van der Waals surface area contributed by atoms with Crippen molar-refractivity contribution in [1.29, 1.82) is 0 Å². The number of nitrogens with zero attached hydrogens (tertiary/aromatic N) is 1. The van der Waals surface area contributed by atoms with Crippen LogP contribution in [0.15, 0.2) is 24.3 Å². The standard InChI is InChI=1S/C18H26N2O4/c19-18(22)16-12-23-9-8-20(16)10-14(21)11-24-17-7-3-5-13-4-1-2-6-15(13)17/h1-2,4,6,14,16-17,21H,3,5,7-12H2,(H2,19,22). The summed E-state index contributed by atoms with van der Waals surface area (Å²) in [5.74, 6) is -0.413. The largest absolute Gasteiger partial charge is 0.389 e. The lowest BCUT2D eigenvalue weighted by atomic mass is 9.89. The zero-order chi connectivity index (χ0) is 16.9. The van der Waals surface area contributed by atoms with Gasteiger partial charge in [-0.05, 0) is 30.4 Å². The molecule has 2 aliphatic rings. The number of morpholine rings is 1. The van der Waals surface area contributed by atoms with E-state index in [2.05, 4.69) is 18.2 Å². The van der Waals surface area contributed by atoms with Gasteiger partial charge in [-0.15, -0.1) is 0 Å². The Bertz CT molecular complexity index is 566. The highest BCUT2D eigenvalue weighted by atomic mass is 16.5. The molecule has 1 aliphatic carbocycles. The van der Waals surface area contributed by atoms with Crippen molar-refractivity contribution in [2.45, 2.75) is 37.5 Å². The number of rotatable bonds is 6. The van der Waals surface area contributed by atoms with E-state index in [-0.39, 0.29) is 12.7 Å². The smallest absolute Gasteiger partial charge is 0.237 e. The van der Waals surface area contributed by atoms with Crippen LogP contribution in [0.2, 0.25) is 0 Å². The summed E-state index contributed by atoms with van der Waals surface area (Å²) in [7, 11) is 0. The first-order valence-corrected chi connectivity index (χ1v) is 8.63. The minimum absolute atomic E-state index is 0.0428. The second-order valence-electron chi connectivity index (χ2n) is 6.55. The fourth-order valence-electron chi connectivity index (χ4n) is 3.55. The Morgan fingerprint density at radius 1 is 1.46 bits per heavy atom. The van der Waals surface area contributed by atoms with Gasteiger partial charge in [0.1, 0.15) is 6.04 Å². The van der Waals surface area contributed by atoms with Crippen LogP contribution >= 0.6 is 0 Å². The first-order valence-electron chi connectivity index (χ1n) is 8.63. The molecule has 3 atom stereocenters. The van der Waals surface area contributed by atoms with Gasteiger partial charge in [0, 0.05) is 13.1 Å². The Morgan fingerprint density at radius 3 is 3.12 bits per heavy atom. The van der Waals surface area contributed by atoms with Crippen LogP contribution in [0.25, 0.3) is 0 Å². The molecule has 0 bridgehead atoms. The van der Waals surface area contributed by atoms with Crippen molar-refractivity contribution in [1.82, 2.24) is 4.90 Å². The van der Waals surface area contributed by atoms with E-state index < -0.39 is 18.1 Å². The minimum Gasteiger partial charge on any atom is -0.389 e. The van der Waals surface area contributed by atoms with Crippen LogP contribution in [0.4, 0.5) is 0 Å². The number of benzene rings is 1. The number of fused-ring (bicyclic) bond motifs is 1. The third-order valence-electron chi connectivity index (χ3n) is 4.82. The second kappa shape index (κ2) is 8.07. The average Bonchev–Trinajstić information content (AvgIpc) is 2.60. The molecule has 3 N–H and O–H groups in total. The van der Waals surface area contributed by atoms with Crippen LogP contribution in [0.5, 0.6) is 0 Å². The van der Waals surface area contributed by atoms with Crippen molar-refractivity contribution in [2.24, 2.45) is 5.73 Å². The monoisotopic (exact) mass is 334 g/mol. The van der Waals surface area contributed by atoms with Gasteiger partial charge in [-0.1, -0.05) is 24.3 Å². The topological polar surface area (TPSA) is 85.0 Å². The highest BCUT2D eigenvalue weighted by Gasteiger charge is 2.29. The van der Waals surface area contributed by atoms with E-state index in [4.69, 9.17) is 15.2 Å². The summed E-state index contributed by atoms with van der Waals surface area (Å²) < 4.78 is 11.3. The van der Waals surface area contributed by atoms with Gasteiger partial charge in [0.25, 0.3) is 0 Å². The van der Waals surface area contributed by atoms with Crippen LogP contribution in [-0.2, 0) is 20.7 Å². The SMILES string of the molecule is NC(=O)C1COCCN1CC(O)COC1CCCc2ccccc21.